The fourth-order valence-corrected chi connectivity index (χ4v) is 1.17. The Morgan fingerprint density at radius 2 is 1.80 bits per heavy atom. The fraction of sp³-hybridized carbons (Fsp3) is 0.667. The molecule has 2 N–H and O–H groups in total. The van der Waals surface area contributed by atoms with E-state index in [0.717, 1.165) is 0 Å². The zero-order valence-corrected chi connectivity index (χ0v) is 9.78. The number of nitrogens with one attached hydrogen (secondary N) is 2. The smallest absolute Gasteiger partial charge is 0.239 e. The van der Waals surface area contributed by atoms with E-state index in [4.69, 9.17) is 0 Å². The Kier molecular flexibility index (Phi) is 7.71. The van der Waals surface area contributed by atoms with Gasteiger partial charge in [-0.3, -0.25) is 14.4 Å². The minimum absolute atomic E-state index is 0.0294. The Hall–Kier alpha value is -1.04. The minimum atomic E-state index is -0.272. The quantitative estimate of drug-likeness (QED) is 0.624. The average molecular weight is 232 g/mol. The highest BCUT2D eigenvalue weighted by atomic mass is 32.2. The summed E-state index contributed by atoms with van der Waals surface area (Å²) in [6.45, 7) is 1.76. The molecule has 0 aromatic rings. The van der Waals surface area contributed by atoms with Gasteiger partial charge in [-0.1, -0.05) is 0 Å². The van der Waals surface area contributed by atoms with Gasteiger partial charge >= 0.3 is 0 Å². The summed E-state index contributed by atoms with van der Waals surface area (Å²) in [4.78, 5) is 32.6. The molecule has 5 nitrogen and oxygen atoms in total. The van der Waals surface area contributed by atoms with Crippen LogP contribution in [0.5, 0.6) is 0 Å². The Morgan fingerprint density at radius 1 is 1.13 bits per heavy atom. The lowest BCUT2D eigenvalue weighted by Gasteiger charge is -2.05. The van der Waals surface area contributed by atoms with E-state index in [0.29, 0.717) is 18.7 Å². The third-order valence-corrected chi connectivity index (χ3v) is 2.07. The molecule has 0 radical (unpaired) electrons. The largest absolute Gasteiger partial charge is 0.354 e. The van der Waals surface area contributed by atoms with Gasteiger partial charge in [0.1, 0.15) is 5.78 Å². The van der Waals surface area contributed by atoms with Crippen LogP contribution in [0.2, 0.25) is 0 Å². The van der Waals surface area contributed by atoms with E-state index in [1.54, 1.807) is 0 Å². The van der Waals surface area contributed by atoms with E-state index < -0.39 is 0 Å². The number of Topliss-reactive ketones (excluding diaryl/α,β-unsaturated/α-hetero) is 1. The van der Waals surface area contributed by atoms with Crippen LogP contribution in [-0.4, -0.2) is 42.7 Å². The molecule has 0 aromatic carbocycles. The van der Waals surface area contributed by atoms with Crippen LogP contribution in [0.25, 0.3) is 0 Å². The van der Waals surface area contributed by atoms with Gasteiger partial charge in [-0.15, -0.1) is 0 Å². The molecule has 0 aliphatic carbocycles. The molecule has 0 unspecified atom stereocenters. The van der Waals surface area contributed by atoms with E-state index >= 15 is 0 Å². The summed E-state index contributed by atoms with van der Waals surface area (Å²) in [7, 11) is 0. The first-order chi connectivity index (χ1) is 7.06. The molecule has 0 atom stereocenters. The number of hydrogen-bond acceptors (Lipinski definition) is 4. The predicted molar refractivity (Wildman–Crippen MR) is 59.7 cm³/mol. The lowest BCUT2D eigenvalue weighted by atomic mass is 10.3. The van der Waals surface area contributed by atoms with Crippen LogP contribution in [0.1, 0.15) is 13.3 Å². The van der Waals surface area contributed by atoms with E-state index in [-0.39, 0.29) is 24.1 Å². The molecule has 0 fully saturated rings. The summed E-state index contributed by atoms with van der Waals surface area (Å²) in [5, 5.41) is 4.99. The van der Waals surface area contributed by atoms with Crippen molar-refractivity contribution in [1.82, 2.24) is 10.6 Å². The van der Waals surface area contributed by atoms with Gasteiger partial charge in [-0.05, 0) is 13.2 Å². The van der Waals surface area contributed by atoms with Crippen molar-refractivity contribution in [2.75, 3.05) is 25.1 Å². The van der Waals surface area contributed by atoms with Crippen LogP contribution < -0.4 is 10.6 Å². The van der Waals surface area contributed by atoms with Gasteiger partial charge in [0.2, 0.25) is 11.8 Å². The first kappa shape index (κ1) is 14.0. The Balaban J connectivity index is 3.49. The van der Waals surface area contributed by atoms with Crippen LogP contribution >= 0.6 is 11.8 Å². The number of ketones is 1. The van der Waals surface area contributed by atoms with Crippen LogP contribution in [0, 0.1) is 0 Å². The van der Waals surface area contributed by atoms with Crippen LogP contribution in [0.3, 0.4) is 0 Å². The highest BCUT2D eigenvalue weighted by molar-refractivity contribution is 7.99. The average Bonchev–Trinajstić information content (AvgIpc) is 2.14. The number of amides is 2. The van der Waals surface area contributed by atoms with Crippen LogP contribution in [-0.2, 0) is 14.4 Å². The maximum atomic E-state index is 11.1. The van der Waals surface area contributed by atoms with Gasteiger partial charge in [-0.25, -0.2) is 0 Å². The van der Waals surface area contributed by atoms with Crippen molar-refractivity contribution in [3.05, 3.63) is 0 Å². The monoisotopic (exact) mass is 232 g/mol. The van der Waals surface area contributed by atoms with E-state index in [9.17, 15) is 14.4 Å². The molecule has 0 heterocycles. The molecular formula is C9H16N2O3S. The van der Waals surface area contributed by atoms with Crippen molar-refractivity contribution in [1.29, 1.82) is 0 Å². The molecule has 15 heavy (non-hydrogen) atoms. The molecule has 0 rings (SSSR count). The van der Waals surface area contributed by atoms with Crippen molar-refractivity contribution in [3.8, 4) is 0 Å². The number of carbonyl (C=O) groups excluding carboxylic acids is 3. The van der Waals surface area contributed by atoms with Crippen molar-refractivity contribution < 1.29 is 14.4 Å². The summed E-state index contributed by atoms with van der Waals surface area (Å²) < 4.78 is 0. The molecule has 86 valence electrons. The number of hydrogen-bond donors (Lipinski definition) is 2. The Bertz CT molecular complexity index is 244. The van der Waals surface area contributed by atoms with Gasteiger partial charge in [0, 0.05) is 13.0 Å². The highest BCUT2D eigenvalue weighted by Gasteiger charge is 2.04. The van der Waals surface area contributed by atoms with E-state index in [2.05, 4.69) is 10.6 Å². The molecule has 0 saturated carbocycles. The number of carbonyl (C=O) groups is 3. The number of rotatable bonds is 7. The minimum Gasteiger partial charge on any atom is -0.354 e. The maximum Gasteiger partial charge on any atom is 0.239 e. The van der Waals surface area contributed by atoms with Gasteiger partial charge in [0.15, 0.2) is 0 Å². The molecule has 0 aliphatic rings. The summed E-state index contributed by atoms with van der Waals surface area (Å²) in [6, 6.07) is 0. The molecule has 0 saturated heterocycles. The molecule has 2 amide bonds. The first-order valence-corrected chi connectivity index (χ1v) is 5.97. The summed E-state index contributed by atoms with van der Waals surface area (Å²) in [5.74, 6) is -0.0579. The predicted octanol–water partition coefficient (Wildman–Crippen LogP) is -0.439. The van der Waals surface area contributed by atoms with Crippen molar-refractivity contribution in [2.45, 2.75) is 13.3 Å². The van der Waals surface area contributed by atoms with E-state index in [1.807, 2.05) is 6.26 Å². The molecule has 0 spiro atoms. The zero-order chi connectivity index (χ0) is 11.7. The summed E-state index contributed by atoms with van der Waals surface area (Å²) in [5.41, 5.74) is 0. The van der Waals surface area contributed by atoms with Gasteiger partial charge in [-0.2, -0.15) is 11.8 Å². The highest BCUT2D eigenvalue weighted by Crippen LogP contribution is 1.88. The van der Waals surface area contributed by atoms with Crippen molar-refractivity contribution in [2.24, 2.45) is 0 Å². The Morgan fingerprint density at radius 3 is 2.33 bits per heavy atom. The SMILES string of the molecule is CSCC(=O)NCC(=O)NCCC(C)=O. The first-order valence-electron chi connectivity index (χ1n) is 4.58. The second kappa shape index (κ2) is 8.28. The second-order valence-electron chi connectivity index (χ2n) is 3.01. The molecule has 6 heteroatoms. The topological polar surface area (TPSA) is 75.3 Å². The Labute approximate surface area is 93.4 Å². The molecule has 0 aromatic heterocycles. The van der Waals surface area contributed by atoms with Crippen molar-refractivity contribution >= 4 is 29.4 Å². The lowest BCUT2D eigenvalue weighted by molar-refractivity contribution is -0.125. The standard InChI is InChI=1S/C9H16N2O3S/c1-7(12)3-4-10-8(13)5-11-9(14)6-15-2/h3-6H2,1-2H3,(H,10,13)(H,11,14). The van der Waals surface area contributed by atoms with Crippen LogP contribution in [0.4, 0.5) is 0 Å². The summed E-state index contributed by atoms with van der Waals surface area (Å²) in [6.07, 6.45) is 2.14. The third kappa shape index (κ3) is 9.27. The summed E-state index contributed by atoms with van der Waals surface area (Å²) >= 11 is 1.39. The zero-order valence-electron chi connectivity index (χ0n) is 8.96. The fourth-order valence-electron chi connectivity index (χ4n) is 0.801. The van der Waals surface area contributed by atoms with Crippen LogP contribution in [0.15, 0.2) is 0 Å². The van der Waals surface area contributed by atoms with Gasteiger partial charge in [0.25, 0.3) is 0 Å². The number of thioether (sulfide) groups is 1. The van der Waals surface area contributed by atoms with E-state index in [1.165, 1.54) is 18.7 Å². The van der Waals surface area contributed by atoms with Crippen molar-refractivity contribution in [3.63, 3.8) is 0 Å². The maximum absolute atomic E-state index is 11.1. The lowest BCUT2D eigenvalue weighted by Crippen LogP contribution is -2.38. The second-order valence-corrected chi connectivity index (χ2v) is 3.88. The normalized spacial score (nSPS) is 9.47. The van der Waals surface area contributed by atoms with Gasteiger partial charge < -0.3 is 10.6 Å². The third-order valence-electron chi connectivity index (χ3n) is 1.52. The molecule has 0 bridgehead atoms. The molecular weight excluding hydrogens is 216 g/mol. The molecule has 0 aliphatic heterocycles. The van der Waals surface area contributed by atoms with Gasteiger partial charge in [0.05, 0.1) is 12.3 Å².